The molecule has 0 radical (unpaired) electrons. The maximum atomic E-state index is 6.46. The summed E-state index contributed by atoms with van der Waals surface area (Å²) in [6.45, 7) is 2.88. The Morgan fingerprint density at radius 1 is 1.37 bits per heavy atom. The van der Waals surface area contributed by atoms with Gasteiger partial charge in [0, 0.05) is 12.0 Å². The second-order valence-electron chi connectivity index (χ2n) is 5.30. The first kappa shape index (κ1) is 14.7. The van der Waals surface area contributed by atoms with E-state index in [4.69, 9.17) is 21.1 Å². The third-order valence-corrected chi connectivity index (χ3v) is 4.11. The zero-order chi connectivity index (χ0) is 13.7. The van der Waals surface area contributed by atoms with Crippen LogP contribution in [0.15, 0.2) is 24.3 Å². The number of halogens is 1. The Labute approximate surface area is 121 Å². The molecule has 0 N–H and O–H groups in total. The fourth-order valence-corrected chi connectivity index (χ4v) is 3.17. The van der Waals surface area contributed by atoms with Gasteiger partial charge in [0.25, 0.3) is 0 Å². The van der Waals surface area contributed by atoms with Crippen LogP contribution in [-0.4, -0.2) is 25.2 Å². The Balaban J connectivity index is 1.74. The van der Waals surface area contributed by atoms with Crippen molar-refractivity contribution in [3.05, 3.63) is 29.8 Å². The predicted molar refractivity (Wildman–Crippen MR) is 79.1 cm³/mol. The third kappa shape index (κ3) is 4.39. The summed E-state index contributed by atoms with van der Waals surface area (Å²) in [5.74, 6) is 1.64. The van der Waals surface area contributed by atoms with E-state index in [1.54, 1.807) is 7.11 Å². The summed E-state index contributed by atoms with van der Waals surface area (Å²) in [4.78, 5) is 0. The number of hydrogen-bond donors (Lipinski definition) is 0. The Morgan fingerprint density at radius 2 is 2.16 bits per heavy atom. The molecule has 0 aromatic heterocycles. The monoisotopic (exact) mass is 282 g/mol. The molecule has 1 aliphatic carbocycles. The molecule has 1 atom stereocenters. The Morgan fingerprint density at radius 3 is 2.84 bits per heavy atom. The molecule has 0 bridgehead atoms. The number of rotatable bonds is 7. The number of benzene rings is 1. The summed E-state index contributed by atoms with van der Waals surface area (Å²) in [6.07, 6.45) is 4.83. The average molecular weight is 283 g/mol. The van der Waals surface area contributed by atoms with Gasteiger partial charge in [-0.3, -0.25) is 0 Å². The molecule has 1 aromatic rings. The van der Waals surface area contributed by atoms with Crippen molar-refractivity contribution in [2.45, 2.75) is 44.1 Å². The van der Waals surface area contributed by atoms with Crippen LogP contribution in [0.25, 0.3) is 0 Å². The number of alkyl halides is 1. The molecule has 106 valence electrons. The highest BCUT2D eigenvalue weighted by molar-refractivity contribution is 6.20. The van der Waals surface area contributed by atoms with E-state index in [1.807, 2.05) is 12.1 Å². The van der Waals surface area contributed by atoms with Gasteiger partial charge in [-0.2, -0.15) is 0 Å². The van der Waals surface area contributed by atoms with Gasteiger partial charge in [-0.1, -0.05) is 12.1 Å². The maximum absolute atomic E-state index is 6.46. The topological polar surface area (TPSA) is 18.5 Å². The zero-order valence-corrected chi connectivity index (χ0v) is 12.5. The fourth-order valence-electron chi connectivity index (χ4n) is 2.74. The smallest absolute Gasteiger partial charge is 0.119 e. The lowest BCUT2D eigenvalue weighted by Gasteiger charge is -2.36. The average Bonchev–Trinajstić information content (AvgIpc) is 2.36. The normalized spacial score (nSPS) is 23.7. The van der Waals surface area contributed by atoms with Crippen LogP contribution in [0.1, 0.15) is 31.7 Å². The van der Waals surface area contributed by atoms with E-state index in [0.29, 0.717) is 6.10 Å². The van der Waals surface area contributed by atoms with Gasteiger partial charge in [0.1, 0.15) is 5.75 Å². The highest BCUT2D eigenvalue weighted by atomic mass is 35.5. The fraction of sp³-hybridized carbons (Fsp3) is 0.625. The van der Waals surface area contributed by atoms with Gasteiger partial charge in [0.2, 0.25) is 0 Å². The van der Waals surface area contributed by atoms with Crippen LogP contribution >= 0.6 is 11.6 Å². The Kier molecular flexibility index (Phi) is 5.53. The highest BCUT2D eigenvalue weighted by Crippen LogP contribution is 2.35. The van der Waals surface area contributed by atoms with Crippen LogP contribution in [0, 0.1) is 5.92 Å². The largest absolute Gasteiger partial charge is 0.497 e. The van der Waals surface area contributed by atoms with Crippen LogP contribution in [0.4, 0.5) is 0 Å². The summed E-state index contributed by atoms with van der Waals surface area (Å²) >= 11 is 6.46. The number of methoxy groups -OCH3 is 1. The summed E-state index contributed by atoms with van der Waals surface area (Å²) in [5, 5.41) is 0.208. The molecule has 1 saturated carbocycles. The van der Waals surface area contributed by atoms with Gasteiger partial charge < -0.3 is 9.47 Å². The summed E-state index contributed by atoms with van der Waals surface area (Å²) < 4.78 is 10.8. The predicted octanol–water partition coefficient (Wildman–Crippen LogP) is 4.05. The minimum absolute atomic E-state index is 0.208. The highest BCUT2D eigenvalue weighted by Gasteiger charge is 2.30. The minimum Gasteiger partial charge on any atom is -0.497 e. The number of ether oxygens (including phenoxy) is 2. The van der Waals surface area contributed by atoms with E-state index in [-0.39, 0.29) is 5.38 Å². The molecule has 0 heterocycles. The lowest BCUT2D eigenvalue weighted by molar-refractivity contribution is -0.0266. The van der Waals surface area contributed by atoms with E-state index in [1.165, 1.54) is 18.4 Å². The van der Waals surface area contributed by atoms with Crippen molar-refractivity contribution in [3.63, 3.8) is 0 Å². The quantitative estimate of drug-likeness (QED) is 0.703. The van der Waals surface area contributed by atoms with Crippen LogP contribution in [0.3, 0.4) is 0 Å². The molecule has 0 amide bonds. The molecule has 19 heavy (non-hydrogen) atoms. The molecule has 1 aliphatic rings. The van der Waals surface area contributed by atoms with Gasteiger partial charge in [-0.25, -0.2) is 0 Å². The molecule has 1 aromatic carbocycles. The van der Waals surface area contributed by atoms with E-state index in [9.17, 15) is 0 Å². The first-order valence-corrected chi connectivity index (χ1v) is 7.53. The van der Waals surface area contributed by atoms with E-state index in [0.717, 1.165) is 31.1 Å². The maximum Gasteiger partial charge on any atom is 0.119 e. The molecule has 0 saturated heterocycles. The second kappa shape index (κ2) is 7.16. The van der Waals surface area contributed by atoms with Crippen LogP contribution in [0.5, 0.6) is 5.75 Å². The summed E-state index contributed by atoms with van der Waals surface area (Å²) in [5.41, 5.74) is 1.25. The molecule has 0 aliphatic heterocycles. The molecular weight excluding hydrogens is 260 g/mol. The second-order valence-corrected chi connectivity index (χ2v) is 5.92. The Hall–Kier alpha value is -0.730. The van der Waals surface area contributed by atoms with E-state index >= 15 is 0 Å². The Bertz CT molecular complexity index is 388. The van der Waals surface area contributed by atoms with Crippen molar-refractivity contribution >= 4 is 11.6 Å². The SMILES string of the molecule is CCOC1CC(CC(Cl)Cc2cccc(OC)c2)C1. The lowest BCUT2D eigenvalue weighted by Crippen LogP contribution is -2.33. The first-order valence-electron chi connectivity index (χ1n) is 7.09. The minimum atomic E-state index is 0.208. The molecule has 2 nitrogen and oxygen atoms in total. The standard InChI is InChI=1S/C16H23ClO2/c1-3-19-16-10-13(11-16)8-14(17)7-12-5-4-6-15(9-12)18-2/h4-6,9,13-14,16H,3,7-8,10-11H2,1-2H3. The molecule has 2 rings (SSSR count). The summed E-state index contributed by atoms with van der Waals surface area (Å²) in [6, 6.07) is 8.17. The van der Waals surface area contributed by atoms with Crippen molar-refractivity contribution in [2.75, 3.05) is 13.7 Å². The number of hydrogen-bond acceptors (Lipinski definition) is 2. The summed E-state index contributed by atoms with van der Waals surface area (Å²) in [7, 11) is 1.69. The van der Waals surface area contributed by atoms with Crippen molar-refractivity contribution in [1.82, 2.24) is 0 Å². The zero-order valence-electron chi connectivity index (χ0n) is 11.8. The molecule has 3 heteroatoms. The van der Waals surface area contributed by atoms with Crippen molar-refractivity contribution in [3.8, 4) is 5.75 Å². The van der Waals surface area contributed by atoms with Crippen LogP contribution < -0.4 is 4.74 Å². The van der Waals surface area contributed by atoms with Crippen LogP contribution in [-0.2, 0) is 11.2 Å². The van der Waals surface area contributed by atoms with Gasteiger partial charge in [-0.05, 0) is 56.2 Å². The van der Waals surface area contributed by atoms with Gasteiger partial charge in [0.15, 0.2) is 0 Å². The molecular formula is C16H23ClO2. The van der Waals surface area contributed by atoms with Gasteiger partial charge in [0.05, 0.1) is 13.2 Å². The van der Waals surface area contributed by atoms with Crippen molar-refractivity contribution < 1.29 is 9.47 Å². The van der Waals surface area contributed by atoms with Crippen molar-refractivity contribution in [1.29, 1.82) is 0 Å². The molecule has 1 unspecified atom stereocenters. The van der Waals surface area contributed by atoms with E-state index < -0.39 is 0 Å². The van der Waals surface area contributed by atoms with E-state index in [2.05, 4.69) is 19.1 Å². The molecule has 0 spiro atoms. The third-order valence-electron chi connectivity index (χ3n) is 3.78. The van der Waals surface area contributed by atoms with Gasteiger partial charge in [-0.15, -0.1) is 11.6 Å². The molecule has 1 fully saturated rings. The van der Waals surface area contributed by atoms with Gasteiger partial charge >= 0.3 is 0 Å². The van der Waals surface area contributed by atoms with Crippen molar-refractivity contribution in [2.24, 2.45) is 5.92 Å². The first-order chi connectivity index (χ1) is 9.21. The van der Waals surface area contributed by atoms with Crippen LogP contribution in [0.2, 0.25) is 0 Å². The lowest BCUT2D eigenvalue weighted by atomic mass is 9.78.